The van der Waals surface area contributed by atoms with Gasteiger partial charge in [-0.1, -0.05) is 18.2 Å². The predicted octanol–water partition coefficient (Wildman–Crippen LogP) is 3.70. The summed E-state index contributed by atoms with van der Waals surface area (Å²) in [6.45, 7) is 3.57. The fourth-order valence-electron chi connectivity index (χ4n) is 3.48. The molecule has 1 atom stereocenters. The number of likely N-dealkylation sites (tertiary alicyclic amines) is 1. The number of hydrogen-bond donors (Lipinski definition) is 0. The lowest BCUT2D eigenvalue weighted by Crippen LogP contribution is -2.28. The van der Waals surface area contributed by atoms with Crippen LogP contribution >= 0.6 is 11.3 Å². The highest BCUT2D eigenvalue weighted by molar-refractivity contribution is 7.11. The lowest BCUT2D eigenvalue weighted by Gasteiger charge is -2.16. The molecule has 24 heavy (non-hydrogen) atoms. The van der Waals surface area contributed by atoms with Gasteiger partial charge in [-0.3, -0.25) is 9.78 Å². The molecule has 3 aromatic rings. The van der Waals surface area contributed by atoms with Crippen LogP contribution in [0.4, 0.5) is 0 Å². The van der Waals surface area contributed by atoms with E-state index in [4.69, 9.17) is 0 Å². The maximum Gasteiger partial charge on any atom is 0.265 e. The maximum absolute atomic E-state index is 12.6. The second-order valence-corrected chi connectivity index (χ2v) is 7.22. The van der Waals surface area contributed by atoms with Crippen molar-refractivity contribution in [2.75, 3.05) is 13.1 Å². The van der Waals surface area contributed by atoms with Gasteiger partial charge < -0.3 is 4.90 Å². The molecule has 4 nitrogen and oxygen atoms in total. The van der Waals surface area contributed by atoms with Crippen LogP contribution in [-0.2, 0) is 6.42 Å². The molecule has 122 valence electrons. The topological polar surface area (TPSA) is 46.1 Å². The van der Waals surface area contributed by atoms with Gasteiger partial charge in [0.2, 0.25) is 0 Å². The molecule has 0 spiro atoms. The summed E-state index contributed by atoms with van der Waals surface area (Å²) in [6.07, 6.45) is 3.94. The zero-order valence-electron chi connectivity index (χ0n) is 13.6. The second kappa shape index (κ2) is 6.32. The third-order valence-corrected chi connectivity index (χ3v) is 5.68. The molecule has 1 unspecified atom stereocenters. The molecule has 4 rings (SSSR count). The van der Waals surface area contributed by atoms with Crippen molar-refractivity contribution in [3.63, 3.8) is 0 Å². The van der Waals surface area contributed by atoms with Crippen LogP contribution in [0.3, 0.4) is 0 Å². The Balaban J connectivity index is 1.49. The van der Waals surface area contributed by atoms with Gasteiger partial charge in [0.1, 0.15) is 4.88 Å². The van der Waals surface area contributed by atoms with Crippen LogP contribution in [0.15, 0.2) is 42.0 Å². The molecule has 0 saturated carbocycles. The zero-order chi connectivity index (χ0) is 16.5. The van der Waals surface area contributed by atoms with E-state index in [1.54, 1.807) is 5.51 Å². The predicted molar refractivity (Wildman–Crippen MR) is 96.3 cm³/mol. The standard InChI is InChI=1S/C19H19N3OS/c1-13-18(24-12-21-13)19(23)22-9-7-14(11-22)10-15-6-8-20-17-5-3-2-4-16(15)17/h2-6,8,12,14H,7,9-11H2,1H3. The summed E-state index contributed by atoms with van der Waals surface area (Å²) in [5.41, 5.74) is 4.96. The fourth-order valence-corrected chi connectivity index (χ4v) is 4.25. The molecule has 1 aromatic carbocycles. The van der Waals surface area contributed by atoms with E-state index in [9.17, 15) is 4.79 Å². The summed E-state index contributed by atoms with van der Waals surface area (Å²) < 4.78 is 0. The number of thiazole rings is 1. The molecule has 1 aliphatic heterocycles. The van der Waals surface area contributed by atoms with E-state index < -0.39 is 0 Å². The van der Waals surface area contributed by atoms with Crippen LogP contribution in [0, 0.1) is 12.8 Å². The molecule has 3 heterocycles. The van der Waals surface area contributed by atoms with Crippen molar-refractivity contribution in [2.45, 2.75) is 19.8 Å². The highest BCUT2D eigenvalue weighted by atomic mass is 32.1. The minimum absolute atomic E-state index is 0.136. The van der Waals surface area contributed by atoms with Gasteiger partial charge in [-0.25, -0.2) is 4.98 Å². The smallest absolute Gasteiger partial charge is 0.265 e. The Bertz CT molecular complexity index is 884. The number of rotatable bonds is 3. The van der Waals surface area contributed by atoms with E-state index >= 15 is 0 Å². The van der Waals surface area contributed by atoms with E-state index in [1.165, 1.54) is 22.3 Å². The van der Waals surface area contributed by atoms with Gasteiger partial charge >= 0.3 is 0 Å². The number of hydrogen-bond acceptors (Lipinski definition) is 4. The molecule has 1 aliphatic rings. The van der Waals surface area contributed by atoms with E-state index in [2.05, 4.69) is 34.2 Å². The SMILES string of the molecule is Cc1ncsc1C(=O)N1CCC(Cc2ccnc3ccccc23)C1. The summed E-state index contributed by atoms with van der Waals surface area (Å²) in [5, 5.41) is 1.23. The third-order valence-electron chi connectivity index (χ3n) is 4.76. The lowest BCUT2D eigenvalue weighted by atomic mass is 9.96. The average molecular weight is 337 g/mol. The first kappa shape index (κ1) is 15.3. The highest BCUT2D eigenvalue weighted by Crippen LogP contribution is 2.27. The molecule has 1 saturated heterocycles. The number of carbonyl (C=O) groups excluding carboxylic acids is 1. The third kappa shape index (κ3) is 2.80. The summed E-state index contributed by atoms with van der Waals surface area (Å²) in [7, 11) is 0. The van der Waals surface area contributed by atoms with Crippen molar-refractivity contribution < 1.29 is 4.79 Å². The van der Waals surface area contributed by atoms with Gasteiger partial charge in [0.25, 0.3) is 5.91 Å². The summed E-state index contributed by atoms with van der Waals surface area (Å²) >= 11 is 1.44. The monoisotopic (exact) mass is 337 g/mol. The number of benzene rings is 1. The average Bonchev–Trinajstić information content (AvgIpc) is 3.24. The fraction of sp³-hybridized carbons (Fsp3) is 0.316. The van der Waals surface area contributed by atoms with Gasteiger partial charge in [0, 0.05) is 24.7 Å². The molecule has 0 bridgehead atoms. The van der Waals surface area contributed by atoms with E-state index in [1.807, 2.05) is 24.1 Å². The largest absolute Gasteiger partial charge is 0.338 e. The maximum atomic E-state index is 12.6. The van der Waals surface area contributed by atoms with Crippen molar-refractivity contribution in [2.24, 2.45) is 5.92 Å². The van der Waals surface area contributed by atoms with Gasteiger partial charge in [0.15, 0.2) is 0 Å². The minimum atomic E-state index is 0.136. The number of aromatic nitrogens is 2. The van der Waals surface area contributed by atoms with E-state index in [0.29, 0.717) is 5.92 Å². The number of pyridine rings is 1. The summed E-state index contributed by atoms with van der Waals surface area (Å²) in [5.74, 6) is 0.644. The van der Waals surface area contributed by atoms with Crippen LogP contribution in [-0.4, -0.2) is 33.9 Å². The molecular formula is C19H19N3OS. The highest BCUT2D eigenvalue weighted by Gasteiger charge is 2.28. The van der Waals surface area contributed by atoms with Gasteiger partial charge in [-0.2, -0.15) is 0 Å². The quantitative estimate of drug-likeness (QED) is 0.732. The molecule has 0 aliphatic carbocycles. The molecule has 5 heteroatoms. The number of nitrogens with zero attached hydrogens (tertiary/aromatic N) is 3. The number of amides is 1. The van der Waals surface area contributed by atoms with Crippen LogP contribution in [0.5, 0.6) is 0 Å². The van der Waals surface area contributed by atoms with Crippen molar-refractivity contribution in [1.29, 1.82) is 0 Å². The zero-order valence-corrected chi connectivity index (χ0v) is 14.4. The Kier molecular flexibility index (Phi) is 4.02. The Labute approximate surface area is 145 Å². The van der Waals surface area contributed by atoms with Crippen LogP contribution in [0.1, 0.15) is 27.3 Å². The molecule has 0 radical (unpaired) electrons. The van der Waals surface area contributed by atoms with Gasteiger partial charge in [0.05, 0.1) is 16.7 Å². The molecule has 1 fully saturated rings. The van der Waals surface area contributed by atoms with Crippen LogP contribution < -0.4 is 0 Å². The van der Waals surface area contributed by atoms with Gasteiger partial charge in [-0.05, 0) is 43.4 Å². The Morgan fingerprint density at radius 3 is 3.00 bits per heavy atom. The van der Waals surface area contributed by atoms with Gasteiger partial charge in [-0.15, -0.1) is 11.3 Å². The lowest BCUT2D eigenvalue weighted by molar-refractivity contribution is 0.0791. The number of para-hydroxylation sites is 1. The normalized spacial score (nSPS) is 17.5. The minimum Gasteiger partial charge on any atom is -0.338 e. The number of carbonyl (C=O) groups is 1. The van der Waals surface area contributed by atoms with Crippen LogP contribution in [0.2, 0.25) is 0 Å². The summed E-state index contributed by atoms with van der Waals surface area (Å²) in [4.78, 5) is 24.0. The van der Waals surface area contributed by atoms with E-state index in [0.717, 1.165) is 42.0 Å². The number of fused-ring (bicyclic) bond motifs is 1. The number of aryl methyl sites for hydroxylation is 1. The molecule has 0 N–H and O–H groups in total. The van der Waals surface area contributed by atoms with Crippen molar-refractivity contribution in [3.8, 4) is 0 Å². The second-order valence-electron chi connectivity index (χ2n) is 6.36. The molecule has 1 amide bonds. The molecular weight excluding hydrogens is 318 g/mol. The van der Waals surface area contributed by atoms with Crippen LogP contribution in [0.25, 0.3) is 10.9 Å². The first-order chi connectivity index (χ1) is 11.7. The van der Waals surface area contributed by atoms with Crippen molar-refractivity contribution >= 4 is 28.1 Å². The molecule has 2 aromatic heterocycles. The first-order valence-electron chi connectivity index (χ1n) is 8.24. The Morgan fingerprint density at radius 2 is 2.17 bits per heavy atom. The van der Waals surface area contributed by atoms with E-state index in [-0.39, 0.29) is 5.91 Å². The Hall–Kier alpha value is -2.27. The van der Waals surface area contributed by atoms with Crippen molar-refractivity contribution in [1.82, 2.24) is 14.9 Å². The van der Waals surface area contributed by atoms with Crippen molar-refractivity contribution in [3.05, 3.63) is 58.2 Å². The first-order valence-corrected chi connectivity index (χ1v) is 9.12. The Morgan fingerprint density at radius 1 is 1.29 bits per heavy atom. The summed E-state index contributed by atoms with van der Waals surface area (Å²) in [6, 6.07) is 10.4.